The molecule has 0 aliphatic heterocycles. The quantitative estimate of drug-likeness (QED) is 0.745. The summed E-state index contributed by atoms with van der Waals surface area (Å²) in [4.78, 5) is 14.8. The van der Waals surface area contributed by atoms with Crippen LogP contribution in [0.5, 0.6) is 5.88 Å². The molecule has 82 valence electrons. The molecule has 0 aliphatic carbocycles. The second kappa shape index (κ2) is 5.19. The molecular weight excluding hydrogens is 194 g/mol. The van der Waals surface area contributed by atoms with Gasteiger partial charge >= 0.3 is 0 Å². The maximum absolute atomic E-state index is 10.8. The fraction of sp³-hybridized carbons (Fsp3) is 0.400. The Morgan fingerprint density at radius 3 is 2.87 bits per heavy atom. The van der Waals surface area contributed by atoms with E-state index in [2.05, 4.69) is 10.3 Å². The van der Waals surface area contributed by atoms with Crippen molar-refractivity contribution in [2.45, 2.75) is 6.92 Å². The van der Waals surface area contributed by atoms with Crippen molar-refractivity contribution in [2.24, 2.45) is 11.7 Å². The number of aromatic nitrogens is 1. The molecule has 0 saturated carbocycles. The molecule has 1 aromatic heterocycles. The highest BCUT2D eigenvalue weighted by atomic mass is 16.5. The highest BCUT2D eigenvalue weighted by molar-refractivity contribution is 5.76. The van der Waals surface area contributed by atoms with Gasteiger partial charge in [-0.3, -0.25) is 4.79 Å². The molecule has 0 radical (unpaired) electrons. The minimum atomic E-state index is -0.316. The summed E-state index contributed by atoms with van der Waals surface area (Å²) in [5.41, 5.74) is 5.97. The van der Waals surface area contributed by atoms with Crippen molar-refractivity contribution < 1.29 is 9.53 Å². The fourth-order valence-electron chi connectivity index (χ4n) is 0.977. The summed E-state index contributed by atoms with van der Waals surface area (Å²) >= 11 is 0. The second-order valence-corrected chi connectivity index (χ2v) is 3.27. The first kappa shape index (κ1) is 11.3. The minimum absolute atomic E-state index is 0.202. The predicted molar refractivity (Wildman–Crippen MR) is 57.6 cm³/mol. The van der Waals surface area contributed by atoms with Crippen LogP contribution in [0.3, 0.4) is 0 Å². The molecule has 1 aromatic rings. The summed E-state index contributed by atoms with van der Waals surface area (Å²) in [6.07, 6.45) is 1.65. The Hall–Kier alpha value is -1.78. The van der Waals surface area contributed by atoms with Gasteiger partial charge in [-0.15, -0.1) is 0 Å². The number of carbonyl (C=O) groups is 1. The number of ether oxygens (including phenoxy) is 1. The molecule has 5 heteroatoms. The summed E-state index contributed by atoms with van der Waals surface area (Å²) in [7, 11) is 1.56. The van der Waals surface area contributed by atoms with E-state index < -0.39 is 0 Å². The lowest BCUT2D eigenvalue weighted by molar-refractivity contribution is -0.120. The van der Waals surface area contributed by atoms with E-state index in [4.69, 9.17) is 10.5 Å². The van der Waals surface area contributed by atoms with E-state index in [0.29, 0.717) is 12.4 Å². The van der Waals surface area contributed by atoms with Gasteiger partial charge in [-0.05, 0) is 6.07 Å². The smallest absolute Gasteiger partial charge is 0.222 e. The highest BCUT2D eigenvalue weighted by Crippen LogP contribution is 2.11. The zero-order chi connectivity index (χ0) is 11.3. The third-order valence-corrected chi connectivity index (χ3v) is 2.04. The summed E-state index contributed by atoms with van der Waals surface area (Å²) in [6.45, 7) is 2.27. The van der Waals surface area contributed by atoms with Gasteiger partial charge in [0.25, 0.3) is 0 Å². The zero-order valence-electron chi connectivity index (χ0n) is 8.86. The number of hydrogen-bond donors (Lipinski definition) is 2. The van der Waals surface area contributed by atoms with Gasteiger partial charge in [-0.1, -0.05) is 6.92 Å². The molecule has 0 fully saturated rings. The van der Waals surface area contributed by atoms with Crippen LogP contribution in [0.15, 0.2) is 18.3 Å². The summed E-state index contributed by atoms with van der Waals surface area (Å²) in [5, 5.41) is 3.06. The van der Waals surface area contributed by atoms with Crippen LogP contribution in [0.25, 0.3) is 0 Å². The number of amides is 1. The number of primary amides is 1. The van der Waals surface area contributed by atoms with Crippen molar-refractivity contribution in [3.63, 3.8) is 0 Å². The Morgan fingerprint density at radius 2 is 2.40 bits per heavy atom. The normalized spacial score (nSPS) is 11.9. The SMILES string of the molecule is COc1ccc(NCC(C)C(N)=O)cn1. The molecule has 1 amide bonds. The topological polar surface area (TPSA) is 77.2 Å². The van der Waals surface area contributed by atoms with E-state index in [1.165, 1.54) is 0 Å². The Morgan fingerprint density at radius 1 is 1.67 bits per heavy atom. The van der Waals surface area contributed by atoms with E-state index >= 15 is 0 Å². The number of nitrogens with zero attached hydrogens (tertiary/aromatic N) is 1. The Kier molecular flexibility index (Phi) is 3.91. The zero-order valence-corrected chi connectivity index (χ0v) is 8.86. The summed E-state index contributed by atoms with van der Waals surface area (Å²) < 4.78 is 4.92. The van der Waals surface area contributed by atoms with Crippen LogP contribution in [0, 0.1) is 5.92 Å². The minimum Gasteiger partial charge on any atom is -0.481 e. The number of carbonyl (C=O) groups excluding carboxylic acids is 1. The Bertz CT molecular complexity index is 324. The molecular formula is C10H15N3O2. The first-order valence-corrected chi connectivity index (χ1v) is 4.66. The van der Waals surface area contributed by atoms with Gasteiger partial charge in [0.15, 0.2) is 0 Å². The average Bonchev–Trinajstić information content (AvgIpc) is 2.26. The number of rotatable bonds is 5. The van der Waals surface area contributed by atoms with Gasteiger partial charge < -0.3 is 15.8 Å². The number of nitrogens with two attached hydrogens (primary N) is 1. The van der Waals surface area contributed by atoms with Gasteiger partial charge in [0.1, 0.15) is 0 Å². The van der Waals surface area contributed by atoms with Crippen molar-refractivity contribution in [1.29, 1.82) is 0 Å². The third-order valence-electron chi connectivity index (χ3n) is 2.04. The van der Waals surface area contributed by atoms with Gasteiger partial charge in [0.05, 0.1) is 24.9 Å². The molecule has 0 saturated heterocycles. The largest absolute Gasteiger partial charge is 0.481 e. The maximum atomic E-state index is 10.8. The molecule has 1 unspecified atom stereocenters. The number of pyridine rings is 1. The molecule has 5 nitrogen and oxygen atoms in total. The molecule has 0 aromatic carbocycles. The predicted octanol–water partition coefficient (Wildman–Crippen LogP) is 0.623. The molecule has 1 heterocycles. The number of hydrogen-bond acceptors (Lipinski definition) is 4. The number of methoxy groups -OCH3 is 1. The third kappa shape index (κ3) is 3.46. The van der Waals surface area contributed by atoms with E-state index in [9.17, 15) is 4.79 Å². The number of nitrogens with one attached hydrogen (secondary N) is 1. The van der Waals surface area contributed by atoms with Crippen LogP contribution < -0.4 is 15.8 Å². The van der Waals surface area contributed by atoms with Gasteiger partial charge in [0, 0.05) is 12.6 Å². The lowest BCUT2D eigenvalue weighted by atomic mass is 10.2. The van der Waals surface area contributed by atoms with Gasteiger partial charge in [-0.2, -0.15) is 0 Å². The summed E-state index contributed by atoms with van der Waals surface area (Å²) in [5.74, 6) is 0.0413. The maximum Gasteiger partial charge on any atom is 0.222 e. The summed E-state index contributed by atoms with van der Waals surface area (Å²) in [6, 6.07) is 3.58. The Labute approximate surface area is 88.6 Å². The lowest BCUT2D eigenvalue weighted by Crippen LogP contribution is -2.26. The van der Waals surface area contributed by atoms with Crippen molar-refractivity contribution >= 4 is 11.6 Å². The van der Waals surface area contributed by atoms with Crippen molar-refractivity contribution in [3.05, 3.63) is 18.3 Å². The van der Waals surface area contributed by atoms with E-state index in [0.717, 1.165) is 5.69 Å². The van der Waals surface area contributed by atoms with Gasteiger partial charge in [-0.25, -0.2) is 4.98 Å². The van der Waals surface area contributed by atoms with Crippen LogP contribution in [0.2, 0.25) is 0 Å². The van der Waals surface area contributed by atoms with Crippen molar-refractivity contribution in [3.8, 4) is 5.88 Å². The molecule has 0 spiro atoms. The average molecular weight is 209 g/mol. The monoisotopic (exact) mass is 209 g/mol. The molecule has 1 rings (SSSR count). The second-order valence-electron chi connectivity index (χ2n) is 3.27. The van der Waals surface area contributed by atoms with Gasteiger partial charge in [0.2, 0.25) is 11.8 Å². The van der Waals surface area contributed by atoms with Crippen LogP contribution in [-0.2, 0) is 4.79 Å². The Balaban J connectivity index is 2.47. The van der Waals surface area contributed by atoms with E-state index in [1.807, 2.05) is 6.07 Å². The van der Waals surface area contributed by atoms with Crippen molar-refractivity contribution in [2.75, 3.05) is 19.0 Å². The highest BCUT2D eigenvalue weighted by Gasteiger charge is 2.07. The molecule has 1 atom stereocenters. The lowest BCUT2D eigenvalue weighted by Gasteiger charge is -2.10. The fourth-order valence-corrected chi connectivity index (χ4v) is 0.977. The van der Waals surface area contributed by atoms with E-state index in [-0.39, 0.29) is 11.8 Å². The number of anilines is 1. The van der Waals surface area contributed by atoms with Crippen LogP contribution in [0.4, 0.5) is 5.69 Å². The van der Waals surface area contributed by atoms with Crippen LogP contribution in [0.1, 0.15) is 6.92 Å². The molecule has 0 bridgehead atoms. The molecule has 3 N–H and O–H groups in total. The van der Waals surface area contributed by atoms with Crippen LogP contribution >= 0.6 is 0 Å². The first-order valence-electron chi connectivity index (χ1n) is 4.66. The van der Waals surface area contributed by atoms with E-state index in [1.54, 1.807) is 26.3 Å². The van der Waals surface area contributed by atoms with Crippen molar-refractivity contribution in [1.82, 2.24) is 4.98 Å². The van der Waals surface area contributed by atoms with Crippen LogP contribution in [-0.4, -0.2) is 24.5 Å². The molecule has 15 heavy (non-hydrogen) atoms. The standard InChI is InChI=1S/C10H15N3O2/c1-7(10(11)14)5-12-8-3-4-9(15-2)13-6-8/h3-4,6-7,12H,5H2,1-2H3,(H2,11,14). The molecule has 0 aliphatic rings. The first-order chi connectivity index (χ1) is 7.13.